The largest absolute Gasteiger partial charge is 0.492 e. The number of allylic oxidation sites excluding steroid dienone is 1. The lowest BCUT2D eigenvalue weighted by atomic mass is 10.1. The fraction of sp³-hybridized carbons (Fsp3) is 0.250. The molecule has 1 aliphatic heterocycles. The Morgan fingerprint density at radius 2 is 1.96 bits per heavy atom. The summed E-state index contributed by atoms with van der Waals surface area (Å²) in [5.41, 5.74) is 8.37. The molecule has 0 saturated heterocycles. The molecule has 142 valence electrons. The molecule has 2 aromatic rings. The summed E-state index contributed by atoms with van der Waals surface area (Å²) in [5, 5.41) is 0.0551. The van der Waals surface area contributed by atoms with Crippen LogP contribution < -0.4 is 24.8 Å². The Bertz CT molecular complexity index is 909. The Hall–Kier alpha value is -2.86. The van der Waals surface area contributed by atoms with Gasteiger partial charge in [-0.3, -0.25) is 4.79 Å². The minimum Gasteiger partial charge on any atom is -0.492 e. The van der Waals surface area contributed by atoms with Crippen molar-refractivity contribution in [2.75, 3.05) is 45.1 Å². The molecule has 27 heavy (non-hydrogen) atoms. The van der Waals surface area contributed by atoms with Gasteiger partial charge in [-0.1, -0.05) is 11.6 Å². The van der Waals surface area contributed by atoms with Gasteiger partial charge in [0.05, 0.1) is 23.5 Å². The smallest absolute Gasteiger partial charge is 0.204 e. The maximum atomic E-state index is 12.8. The average Bonchev–Trinajstić information content (AvgIpc) is 2.67. The fourth-order valence-corrected chi connectivity index (χ4v) is 3.07. The number of anilines is 2. The van der Waals surface area contributed by atoms with E-state index in [2.05, 4.69) is 0 Å². The molecule has 1 aliphatic rings. The Balaban J connectivity index is 1.96. The number of nitrogens with two attached hydrogens (primary N) is 1. The zero-order chi connectivity index (χ0) is 19.6. The molecule has 0 radical (unpaired) electrons. The number of fused-ring (bicyclic) bond motifs is 1. The minimum atomic E-state index is -0.309. The molecule has 0 amide bonds. The zero-order valence-electron chi connectivity index (χ0n) is 15.4. The van der Waals surface area contributed by atoms with Crippen molar-refractivity contribution >= 4 is 34.8 Å². The van der Waals surface area contributed by atoms with Crippen LogP contribution in [0.4, 0.5) is 11.4 Å². The molecule has 1 heterocycles. The molecule has 0 bridgehead atoms. The van der Waals surface area contributed by atoms with Crippen LogP contribution in [0.25, 0.3) is 6.08 Å². The summed E-state index contributed by atoms with van der Waals surface area (Å²) in [5.74, 6) is 1.28. The molecule has 3 rings (SSSR count). The van der Waals surface area contributed by atoms with E-state index in [1.807, 2.05) is 19.0 Å². The number of methoxy groups -OCH3 is 1. The number of hydrogen-bond acceptors (Lipinski definition) is 6. The predicted molar refractivity (Wildman–Crippen MR) is 107 cm³/mol. The molecule has 0 unspecified atom stereocenters. The number of nitrogen functional groups attached to an aromatic ring is 1. The van der Waals surface area contributed by atoms with Crippen molar-refractivity contribution in [1.82, 2.24) is 0 Å². The number of ketones is 1. The van der Waals surface area contributed by atoms with Crippen molar-refractivity contribution in [3.63, 3.8) is 0 Å². The van der Waals surface area contributed by atoms with Gasteiger partial charge >= 0.3 is 0 Å². The quantitative estimate of drug-likeness (QED) is 0.479. The first-order chi connectivity index (χ1) is 12.9. The second-order valence-electron chi connectivity index (χ2n) is 6.20. The monoisotopic (exact) mass is 388 g/mol. The Kier molecular flexibility index (Phi) is 5.46. The van der Waals surface area contributed by atoms with Gasteiger partial charge in [-0.05, 0) is 36.4 Å². The van der Waals surface area contributed by atoms with Gasteiger partial charge in [-0.2, -0.15) is 0 Å². The summed E-state index contributed by atoms with van der Waals surface area (Å²) in [6, 6.07) is 8.61. The first-order valence-electron chi connectivity index (χ1n) is 8.37. The standard InChI is InChI=1S/C20H21ClN2O4/c1-23(2)16-11-12(4-6-15(16)22)18(24)14(21)10-13-5-7-17-20(19(13)25-3)27-9-8-26-17/h4-7,10-11H,8-9,22H2,1-3H3. The van der Waals surface area contributed by atoms with Crippen molar-refractivity contribution in [3.8, 4) is 17.2 Å². The van der Waals surface area contributed by atoms with E-state index in [1.54, 1.807) is 36.4 Å². The number of rotatable bonds is 5. The van der Waals surface area contributed by atoms with Crippen molar-refractivity contribution in [2.24, 2.45) is 0 Å². The van der Waals surface area contributed by atoms with Crippen LogP contribution in [0, 0.1) is 0 Å². The first kappa shape index (κ1) is 18.9. The number of hydrogen-bond donors (Lipinski definition) is 1. The highest BCUT2D eigenvalue weighted by atomic mass is 35.5. The van der Waals surface area contributed by atoms with Crippen LogP contribution in [0.2, 0.25) is 0 Å². The van der Waals surface area contributed by atoms with E-state index in [-0.39, 0.29) is 10.8 Å². The maximum absolute atomic E-state index is 12.8. The molecule has 0 atom stereocenters. The topological polar surface area (TPSA) is 74.0 Å². The fourth-order valence-electron chi connectivity index (χ4n) is 2.84. The SMILES string of the molecule is COc1c(C=C(Cl)C(=O)c2ccc(N)c(N(C)C)c2)ccc2c1OCCO2. The molecular weight excluding hydrogens is 368 g/mol. The molecule has 0 spiro atoms. The van der Waals surface area contributed by atoms with Crippen LogP contribution in [0.3, 0.4) is 0 Å². The Labute approximate surface area is 163 Å². The van der Waals surface area contributed by atoms with Crippen molar-refractivity contribution in [2.45, 2.75) is 0 Å². The third-order valence-corrected chi connectivity index (χ3v) is 4.45. The number of Topliss-reactive ketones (excluding diaryl/α,β-unsaturated/α-hetero) is 1. The highest BCUT2D eigenvalue weighted by Crippen LogP contribution is 2.42. The number of carbonyl (C=O) groups is 1. The van der Waals surface area contributed by atoms with E-state index in [9.17, 15) is 4.79 Å². The van der Waals surface area contributed by atoms with E-state index in [0.29, 0.717) is 47.3 Å². The molecule has 6 nitrogen and oxygen atoms in total. The van der Waals surface area contributed by atoms with Gasteiger partial charge in [0.25, 0.3) is 0 Å². The number of carbonyl (C=O) groups excluding carboxylic acids is 1. The Morgan fingerprint density at radius 3 is 2.67 bits per heavy atom. The van der Waals surface area contributed by atoms with Crippen LogP contribution in [-0.2, 0) is 0 Å². The lowest BCUT2D eigenvalue weighted by molar-refractivity contribution is 0.104. The molecule has 0 aromatic heterocycles. The zero-order valence-corrected chi connectivity index (χ0v) is 16.2. The van der Waals surface area contributed by atoms with E-state index >= 15 is 0 Å². The van der Waals surface area contributed by atoms with Gasteiger partial charge in [0.15, 0.2) is 11.5 Å². The van der Waals surface area contributed by atoms with Gasteiger partial charge in [0.2, 0.25) is 11.5 Å². The molecule has 7 heteroatoms. The van der Waals surface area contributed by atoms with Crippen LogP contribution in [0.15, 0.2) is 35.4 Å². The minimum absolute atomic E-state index is 0.0551. The van der Waals surface area contributed by atoms with Gasteiger partial charge in [-0.15, -0.1) is 0 Å². The van der Waals surface area contributed by atoms with Crippen molar-refractivity contribution < 1.29 is 19.0 Å². The summed E-state index contributed by atoms with van der Waals surface area (Å²) in [6.45, 7) is 0.915. The predicted octanol–water partition coefficient (Wildman–Crippen LogP) is 3.58. The van der Waals surface area contributed by atoms with Gasteiger partial charge < -0.3 is 24.8 Å². The molecule has 0 saturated carbocycles. The van der Waals surface area contributed by atoms with E-state index < -0.39 is 0 Å². The molecule has 0 aliphatic carbocycles. The highest BCUT2D eigenvalue weighted by Gasteiger charge is 2.21. The van der Waals surface area contributed by atoms with Crippen LogP contribution >= 0.6 is 11.6 Å². The summed E-state index contributed by atoms with van der Waals surface area (Å²) in [6.07, 6.45) is 1.56. The van der Waals surface area contributed by atoms with Gasteiger partial charge in [-0.25, -0.2) is 0 Å². The lowest BCUT2D eigenvalue weighted by Gasteiger charge is -2.21. The average molecular weight is 389 g/mol. The second-order valence-corrected chi connectivity index (χ2v) is 6.61. The summed E-state index contributed by atoms with van der Waals surface area (Å²) in [4.78, 5) is 14.6. The summed E-state index contributed by atoms with van der Waals surface area (Å²) in [7, 11) is 5.25. The van der Waals surface area contributed by atoms with E-state index in [0.717, 1.165) is 5.69 Å². The lowest BCUT2D eigenvalue weighted by Crippen LogP contribution is -2.16. The normalized spacial score (nSPS) is 13.3. The summed E-state index contributed by atoms with van der Waals surface area (Å²) < 4.78 is 16.6. The molecule has 2 aromatic carbocycles. The van der Waals surface area contributed by atoms with E-state index in [1.165, 1.54) is 7.11 Å². The van der Waals surface area contributed by atoms with Crippen LogP contribution in [0.1, 0.15) is 15.9 Å². The Morgan fingerprint density at radius 1 is 1.22 bits per heavy atom. The number of nitrogens with zero attached hydrogens (tertiary/aromatic N) is 1. The van der Waals surface area contributed by atoms with Gasteiger partial charge in [0, 0.05) is 25.2 Å². The third kappa shape index (κ3) is 3.80. The van der Waals surface area contributed by atoms with Crippen LogP contribution in [-0.4, -0.2) is 40.2 Å². The van der Waals surface area contributed by atoms with Gasteiger partial charge in [0.1, 0.15) is 13.2 Å². The molecule has 0 fully saturated rings. The first-order valence-corrected chi connectivity index (χ1v) is 8.75. The molecule has 2 N–H and O–H groups in total. The highest BCUT2D eigenvalue weighted by molar-refractivity contribution is 6.47. The van der Waals surface area contributed by atoms with Crippen molar-refractivity contribution in [3.05, 3.63) is 46.5 Å². The summed E-state index contributed by atoms with van der Waals surface area (Å²) >= 11 is 6.32. The third-order valence-electron chi connectivity index (χ3n) is 4.17. The maximum Gasteiger partial charge on any atom is 0.204 e. The number of halogens is 1. The van der Waals surface area contributed by atoms with E-state index in [4.69, 9.17) is 31.5 Å². The number of benzene rings is 2. The second kappa shape index (κ2) is 7.80. The number of ether oxygens (including phenoxy) is 3. The van der Waals surface area contributed by atoms with Crippen LogP contribution in [0.5, 0.6) is 17.2 Å². The van der Waals surface area contributed by atoms with Crippen molar-refractivity contribution in [1.29, 1.82) is 0 Å². The molecular formula is C20H21ClN2O4.